The van der Waals surface area contributed by atoms with Gasteiger partial charge in [0.15, 0.2) is 11.5 Å². The summed E-state index contributed by atoms with van der Waals surface area (Å²) in [6.45, 7) is 0.489. The van der Waals surface area contributed by atoms with E-state index in [-0.39, 0.29) is 24.4 Å². The van der Waals surface area contributed by atoms with Gasteiger partial charge in [-0.3, -0.25) is 9.59 Å². The van der Waals surface area contributed by atoms with E-state index < -0.39 is 6.04 Å². The smallest absolute Gasteiger partial charge is 0.246 e. The molecule has 1 aromatic heterocycles. The molecule has 39 heavy (non-hydrogen) atoms. The maximum Gasteiger partial charge on any atom is 0.246 e. The Morgan fingerprint density at radius 2 is 1.67 bits per heavy atom. The summed E-state index contributed by atoms with van der Waals surface area (Å²) in [6.07, 6.45) is 1.08. The van der Waals surface area contributed by atoms with E-state index in [1.54, 1.807) is 31.1 Å². The van der Waals surface area contributed by atoms with E-state index in [1.807, 2.05) is 60.7 Å². The second-order valence-electron chi connectivity index (χ2n) is 9.96. The average molecular weight is 526 g/mol. The van der Waals surface area contributed by atoms with Gasteiger partial charge in [0.2, 0.25) is 11.8 Å². The van der Waals surface area contributed by atoms with E-state index >= 15 is 0 Å². The van der Waals surface area contributed by atoms with E-state index in [2.05, 4.69) is 11.1 Å². The number of rotatable bonds is 7. The number of benzene rings is 3. The van der Waals surface area contributed by atoms with Gasteiger partial charge >= 0.3 is 0 Å². The Balaban J connectivity index is 1.33. The zero-order valence-corrected chi connectivity index (χ0v) is 22.3. The molecule has 3 aromatic carbocycles. The standard InChI is InChI=1S/C31H31N3O5/c1-37-21-11-9-20(10-12-21)30-29-23(22-6-4-5-7-24(22)32-29)17-25-31(36)33(18-28(35)34(25)30)15-14-19-8-13-26(38-2)27(16-19)39-3/h4-13,16,25,30,32H,14-15,17-18H2,1-3H3/t25-,30+/m0/s1. The Kier molecular flexibility index (Phi) is 6.38. The van der Waals surface area contributed by atoms with Gasteiger partial charge in [-0.05, 0) is 53.4 Å². The number of ether oxygens (including phenoxy) is 3. The lowest BCUT2D eigenvalue weighted by Gasteiger charge is -2.47. The van der Waals surface area contributed by atoms with Gasteiger partial charge in [0.05, 0.1) is 33.9 Å². The number of amides is 2. The van der Waals surface area contributed by atoms with E-state index in [0.717, 1.165) is 39.0 Å². The molecular formula is C31H31N3O5. The normalized spacial score (nSPS) is 18.6. The lowest BCUT2D eigenvalue weighted by molar-refractivity contribution is -0.158. The van der Waals surface area contributed by atoms with Crippen LogP contribution in [0.2, 0.25) is 0 Å². The van der Waals surface area contributed by atoms with E-state index in [9.17, 15) is 9.59 Å². The van der Waals surface area contributed by atoms with Crippen molar-refractivity contribution in [2.45, 2.75) is 24.9 Å². The molecule has 1 N–H and O–H groups in total. The maximum atomic E-state index is 14.0. The second kappa shape index (κ2) is 10.0. The number of nitrogens with one attached hydrogen (secondary N) is 1. The third-order valence-electron chi connectivity index (χ3n) is 7.89. The number of carbonyl (C=O) groups excluding carboxylic acids is 2. The van der Waals surface area contributed by atoms with E-state index in [4.69, 9.17) is 14.2 Å². The summed E-state index contributed by atoms with van der Waals surface area (Å²) < 4.78 is 16.1. The number of methoxy groups -OCH3 is 3. The van der Waals surface area contributed by atoms with Crippen LogP contribution < -0.4 is 14.2 Å². The minimum Gasteiger partial charge on any atom is -0.497 e. The minimum atomic E-state index is -0.574. The van der Waals surface area contributed by atoms with Crippen LogP contribution in [-0.4, -0.2) is 67.1 Å². The second-order valence-corrected chi connectivity index (χ2v) is 9.96. The lowest BCUT2D eigenvalue weighted by atomic mass is 9.86. The summed E-state index contributed by atoms with van der Waals surface area (Å²) >= 11 is 0. The van der Waals surface area contributed by atoms with Crippen LogP contribution in [0.15, 0.2) is 66.7 Å². The largest absolute Gasteiger partial charge is 0.497 e. The summed E-state index contributed by atoms with van der Waals surface area (Å²) in [7, 11) is 4.83. The SMILES string of the molecule is COc1ccc([C@@H]2c3[nH]c4ccccc4c3C[C@H]3C(=O)N(CCc4ccc(OC)c(OC)c4)CC(=O)N23)cc1. The molecule has 6 rings (SSSR count). The average Bonchev–Trinajstić information content (AvgIpc) is 3.35. The number of H-pyrrole nitrogens is 1. The molecule has 4 aromatic rings. The van der Waals surface area contributed by atoms with Gasteiger partial charge in [-0.15, -0.1) is 0 Å². The molecular weight excluding hydrogens is 494 g/mol. The molecule has 2 amide bonds. The van der Waals surface area contributed by atoms with Crippen molar-refractivity contribution in [1.82, 2.24) is 14.8 Å². The number of aromatic amines is 1. The molecule has 200 valence electrons. The molecule has 8 heteroatoms. The molecule has 2 aliphatic heterocycles. The molecule has 0 bridgehead atoms. The number of para-hydroxylation sites is 1. The van der Waals surface area contributed by atoms with Crippen LogP contribution in [0.4, 0.5) is 0 Å². The quantitative estimate of drug-likeness (QED) is 0.393. The van der Waals surface area contributed by atoms with Crippen molar-refractivity contribution in [3.63, 3.8) is 0 Å². The van der Waals surface area contributed by atoms with Gasteiger partial charge in [-0.2, -0.15) is 0 Å². The summed E-state index contributed by atoms with van der Waals surface area (Å²) in [6, 6.07) is 20.6. The Morgan fingerprint density at radius 1 is 0.897 bits per heavy atom. The van der Waals surface area contributed by atoms with Crippen molar-refractivity contribution in [3.8, 4) is 17.2 Å². The van der Waals surface area contributed by atoms with E-state index in [0.29, 0.717) is 30.9 Å². The zero-order chi connectivity index (χ0) is 27.1. The number of piperazine rings is 1. The first-order valence-electron chi connectivity index (χ1n) is 13.1. The number of hydrogen-bond acceptors (Lipinski definition) is 5. The van der Waals surface area contributed by atoms with E-state index in [1.165, 1.54) is 0 Å². The van der Waals surface area contributed by atoms with Crippen LogP contribution in [0.5, 0.6) is 17.2 Å². The van der Waals surface area contributed by atoms with Crippen molar-refractivity contribution in [2.75, 3.05) is 34.4 Å². The fourth-order valence-electron chi connectivity index (χ4n) is 5.95. The van der Waals surface area contributed by atoms with Crippen molar-refractivity contribution in [2.24, 2.45) is 0 Å². The topological polar surface area (TPSA) is 84.1 Å². The Morgan fingerprint density at radius 3 is 2.41 bits per heavy atom. The van der Waals surface area contributed by atoms with Gasteiger partial charge < -0.3 is 29.0 Å². The van der Waals surface area contributed by atoms with Crippen LogP contribution in [0.1, 0.15) is 28.4 Å². The van der Waals surface area contributed by atoms with Gasteiger partial charge in [-0.25, -0.2) is 0 Å². The molecule has 2 aliphatic rings. The fraction of sp³-hybridized carbons (Fsp3) is 0.290. The highest BCUT2D eigenvalue weighted by atomic mass is 16.5. The Bertz CT molecular complexity index is 1540. The predicted octanol–water partition coefficient (Wildman–Crippen LogP) is 4.12. The zero-order valence-electron chi connectivity index (χ0n) is 22.3. The molecule has 8 nitrogen and oxygen atoms in total. The summed E-state index contributed by atoms with van der Waals surface area (Å²) in [5.41, 5.74) is 5.02. The van der Waals surface area contributed by atoms with Crippen molar-refractivity contribution >= 4 is 22.7 Å². The van der Waals surface area contributed by atoms with Crippen LogP contribution in [0.3, 0.4) is 0 Å². The Labute approximate surface area is 227 Å². The highest BCUT2D eigenvalue weighted by Crippen LogP contribution is 2.42. The summed E-state index contributed by atoms with van der Waals surface area (Å²) in [5, 5.41) is 1.09. The third kappa shape index (κ3) is 4.26. The van der Waals surface area contributed by atoms with Crippen LogP contribution in [0.25, 0.3) is 10.9 Å². The molecule has 2 atom stereocenters. The first-order chi connectivity index (χ1) is 19.0. The number of nitrogens with zero attached hydrogens (tertiary/aromatic N) is 2. The molecule has 0 spiro atoms. The number of carbonyl (C=O) groups is 2. The van der Waals surface area contributed by atoms with Gasteiger partial charge in [0.25, 0.3) is 0 Å². The number of hydrogen-bond donors (Lipinski definition) is 1. The minimum absolute atomic E-state index is 0.0236. The predicted molar refractivity (Wildman–Crippen MR) is 147 cm³/mol. The Hall–Kier alpha value is -4.46. The third-order valence-corrected chi connectivity index (χ3v) is 7.89. The lowest BCUT2D eigenvalue weighted by Crippen LogP contribution is -2.63. The van der Waals surface area contributed by atoms with Gasteiger partial charge in [0.1, 0.15) is 11.8 Å². The molecule has 0 unspecified atom stereocenters. The van der Waals surface area contributed by atoms with Gasteiger partial charge in [-0.1, -0.05) is 36.4 Å². The van der Waals surface area contributed by atoms with Crippen LogP contribution in [0, 0.1) is 0 Å². The van der Waals surface area contributed by atoms with Crippen LogP contribution in [-0.2, 0) is 22.4 Å². The van der Waals surface area contributed by atoms with Crippen molar-refractivity contribution < 1.29 is 23.8 Å². The monoisotopic (exact) mass is 525 g/mol. The summed E-state index contributed by atoms with van der Waals surface area (Å²) in [5.74, 6) is 1.96. The summed E-state index contributed by atoms with van der Waals surface area (Å²) in [4.78, 5) is 34.8. The maximum absolute atomic E-state index is 14.0. The molecule has 0 aliphatic carbocycles. The van der Waals surface area contributed by atoms with Crippen molar-refractivity contribution in [1.29, 1.82) is 0 Å². The molecule has 0 radical (unpaired) electrons. The molecule has 1 saturated heterocycles. The van der Waals surface area contributed by atoms with Crippen molar-refractivity contribution in [3.05, 3.63) is 89.1 Å². The highest BCUT2D eigenvalue weighted by molar-refractivity contribution is 5.97. The first-order valence-corrected chi connectivity index (χ1v) is 13.1. The molecule has 1 fully saturated rings. The fourth-order valence-corrected chi connectivity index (χ4v) is 5.95. The van der Waals surface area contributed by atoms with Crippen LogP contribution >= 0.6 is 0 Å². The highest BCUT2D eigenvalue weighted by Gasteiger charge is 2.48. The number of fused-ring (bicyclic) bond motifs is 4. The number of aromatic nitrogens is 1. The molecule has 0 saturated carbocycles. The van der Waals surface area contributed by atoms with Gasteiger partial charge in [0, 0.05) is 29.6 Å². The first kappa shape index (κ1) is 24.9. The molecule has 3 heterocycles.